The van der Waals surface area contributed by atoms with Crippen molar-refractivity contribution in [2.75, 3.05) is 31.3 Å². The minimum absolute atomic E-state index is 0.0114. The summed E-state index contributed by atoms with van der Waals surface area (Å²) in [6, 6.07) is 11.6. The van der Waals surface area contributed by atoms with E-state index in [0.29, 0.717) is 18.8 Å². The SMILES string of the molecule is COc1cccc(SCC(=O)NCCNc2ncccc2C)c1. The zero-order valence-corrected chi connectivity index (χ0v) is 14.2. The van der Waals surface area contributed by atoms with Crippen LogP contribution in [0.4, 0.5) is 5.82 Å². The number of rotatable bonds is 8. The van der Waals surface area contributed by atoms with E-state index >= 15 is 0 Å². The molecule has 0 saturated heterocycles. The second-order valence-corrected chi connectivity index (χ2v) is 5.96. The number of amides is 1. The van der Waals surface area contributed by atoms with Gasteiger partial charge in [0.1, 0.15) is 11.6 Å². The van der Waals surface area contributed by atoms with Crippen LogP contribution >= 0.6 is 11.8 Å². The monoisotopic (exact) mass is 331 g/mol. The predicted molar refractivity (Wildman–Crippen MR) is 94.2 cm³/mol. The molecule has 122 valence electrons. The van der Waals surface area contributed by atoms with Gasteiger partial charge >= 0.3 is 0 Å². The Morgan fingerprint density at radius 2 is 2.13 bits per heavy atom. The van der Waals surface area contributed by atoms with E-state index in [-0.39, 0.29) is 5.91 Å². The molecule has 0 unspecified atom stereocenters. The second kappa shape index (κ2) is 9.05. The van der Waals surface area contributed by atoms with Crippen molar-refractivity contribution in [2.45, 2.75) is 11.8 Å². The zero-order valence-electron chi connectivity index (χ0n) is 13.3. The lowest BCUT2D eigenvalue weighted by Gasteiger charge is -2.09. The summed E-state index contributed by atoms with van der Waals surface area (Å²) < 4.78 is 5.16. The van der Waals surface area contributed by atoms with Gasteiger partial charge in [0, 0.05) is 24.2 Å². The molecule has 0 aliphatic heterocycles. The Labute approximate surface area is 140 Å². The van der Waals surface area contributed by atoms with Gasteiger partial charge in [-0.1, -0.05) is 12.1 Å². The highest BCUT2D eigenvalue weighted by atomic mass is 32.2. The Bertz CT molecular complexity index is 649. The standard InChI is InChI=1S/C17H21N3O2S/c1-13-5-4-8-19-17(13)20-10-9-18-16(21)12-23-15-7-3-6-14(11-15)22-2/h3-8,11H,9-10,12H2,1-2H3,(H,18,21)(H,19,20). The lowest BCUT2D eigenvalue weighted by atomic mass is 10.3. The number of anilines is 1. The number of hydrogen-bond acceptors (Lipinski definition) is 5. The van der Waals surface area contributed by atoms with Gasteiger partial charge in [-0.15, -0.1) is 11.8 Å². The fraction of sp³-hybridized carbons (Fsp3) is 0.294. The molecule has 2 aromatic rings. The molecule has 0 aliphatic rings. The molecule has 6 heteroatoms. The van der Waals surface area contributed by atoms with E-state index in [1.165, 1.54) is 11.8 Å². The number of ether oxygens (including phenoxy) is 1. The Balaban J connectivity index is 1.66. The number of carbonyl (C=O) groups is 1. The number of aromatic nitrogens is 1. The van der Waals surface area contributed by atoms with E-state index in [2.05, 4.69) is 15.6 Å². The molecule has 1 aromatic heterocycles. The quantitative estimate of drug-likeness (QED) is 0.575. The van der Waals surface area contributed by atoms with Crippen LogP contribution in [-0.2, 0) is 4.79 Å². The number of pyridine rings is 1. The van der Waals surface area contributed by atoms with Gasteiger partial charge in [0.05, 0.1) is 12.9 Å². The molecule has 0 aliphatic carbocycles. The molecule has 0 atom stereocenters. The molecule has 0 saturated carbocycles. The fourth-order valence-corrected chi connectivity index (χ4v) is 2.72. The Morgan fingerprint density at radius 3 is 2.91 bits per heavy atom. The van der Waals surface area contributed by atoms with Gasteiger partial charge in [-0.3, -0.25) is 4.79 Å². The van der Waals surface area contributed by atoms with Crippen LogP contribution in [0, 0.1) is 6.92 Å². The largest absolute Gasteiger partial charge is 0.497 e. The average molecular weight is 331 g/mol. The van der Waals surface area contributed by atoms with Gasteiger partial charge in [0.2, 0.25) is 5.91 Å². The molecule has 0 spiro atoms. The Morgan fingerprint density at radius 1 is 1.26 bits per heavy atom. The number of benzene rings is 1. The van der Waals surface area contributed by atoms with Crippen LogP contribution < -0.4 is 15.4 Å². The van der Waals surface area contributed by atoms with E-state index in [4.69, 9.17) is 4.74 Å². The van der Waals surface area contributed by atoms with Crippen LogP contribution in [0.3, 0.4) is 0 Å². The van der Waals surface area contributed by atoms with E-state index in [0.717, 1.165) is 22.0 Å². The highest BCUT2D eigenvalue weighted by molar-refractivity contribution is 8.00. The van der Waals surface area contributed by atoms with Gasteiger partial charge in [-0.05, 0) is 36.8 Å². The predicted octanol–water partition coefficient (Wildman–Crippen LogP) is 2.72. The minimum atomic E-state index is 0.0114. The maximum absolute atomic E-state index is 11.8. The number of thioether (sulfide) groups is 1. The molecule has 23 heavy (non-hydrogen) atoms. The van der Waals surface area contributed by atoms with Crippen LogP contribution in [0.1, 0.15) is 5.56 Å². The number of aryl methyl sites for hydroxylation is 1. The molecule has 2 rings (SSSR count). The number of carbonyl (C=O) groups excluding carboxylic acids is 1. The van der Waals surface area contributed by atoms with Crippen molar-refractivity contribution in [1.29, 1.82) is 0 Å². The lowest BCUT2D eigenvalue weighted by molar-refractivity contribution is -0.118. The lowest BCUT2D eigenvalue weighted by Crippen LogP contribution is -2.30. The molecule has 2 N–H and O–H groups in total. The van der Waals surface area contributed by atoms with E-state index in [9.17, 15) is 4.79 Å². The summed E-state index contributed by atoms with van der Waals surface area (Å²) in [5, 5.41) is 6.10. The fourth-order valence-electron chi connectivity index (χ4n) is 1.94. The molecular formula is C17H21N3O2S. The van der Waals surface area contributed by atoms with Crippen LogP contribution in [0.5, 0.6) is 5.75 Å². The zero-order chi connectivity index (χ0) is 16.5. The molecule has 1 heterocycles. The summed E-state index contributed by atoms with van der Waals surface area (Å²) in [6.45, 7) is 3.21. The summed E-state index contributed by atoms with van der Waals surface area (Å²) in [6.07, 6.45) is 1.75. The van der Waals surface area contributed by atoms with Crippen molar-refractivity contribution in [3.05, 3.63) is 48.2 Å². The number of methoxy groups -OCH3 is 1. The van der Waals surface area contributed by atoms with E-state index in [1.54, 1.807) is 13.3 Å². The van der Waals surface area contributed by atoms with Crippen molar-refractivity contribution in [1.82, 2.24) is 10.3 Å². The van der Waals surface area contributed by atoms with Gasteiger partial charge in [0.25, 0.3) is 0 Å². The highest BCUT2D eigenvalue weighted by Gasteiger charge is 2.04. The minimum Gasteiger partial charge on any atom is -0.497 e. The summed E-state index contributed by atoms with van der Waals surface area (Å²) in [5.41, 5.74) is 1.09. The maximum atomic E-state index is 11.8. The number of nitrogens with zero attached hydrogens (tertiary/aromatic N) is 1. The second-order valence-electron chi connectivity index (χ2n) is 4.91. The summed E-state index contributed by atoms with van der Waals surface area (Å²) in [4.78, 5) is 17.1. The van der Waals surface area contributed by atoms with Gasteiger partial charge < -0.3 is 15.4 Å². The summed E-state index contributed by atoms with van der Waals surface area (Å²) >= 11 is 1.49. The third kappa shape index (κ3) is 5.83. The summed E-state index contributed by atoms with van der Waals surface area (Å²) in [5.74, 6) is 2.05. The van der Waals surface area contributed by atoms with Crippen LogP contribution in [-0.4, -0.2) is 36.8 Å². The van der Waals surface area contributed by atoms with Crippen LogP contribution in [0.2, 0.25) is 0 Å². The highest BCUT2D eigenvalue weighted by Crippen LogP contribution is 2.22. The molecular weight excluding hydrogens is 310 g/mol. The van der Waals surface area contributed by atoms with Gasteiger partial charge in [-0.25, -0.2) is 4.98 Å². The van der Waals surface area contributed by atoms with Crippen molar-refractivity contribution in [2.24, 2.45) is 0 Å². The van der Waals surface area contributed by atoms with Crippen molar-refractivity contribution in [3.63, 3.8) is 0 Å². The average Bonchev–Trinajstić information content (AvgIpc) is 2.58. The summed E-state index contributed by atoms with van der Waals surface area (Å²) in [7, 11) is 1.63. The van der Waals surface area contributed by atoms with Crippen molar-refractivity contribution >= 4 is 23.5 Å². The third-order valence-electron chi connectivity index (χ3n) is 3.16. The Kier molecular flexibility index (Phi) is 6.75. The molecule has 0 bridgehead atoms. The maximum Gasteiger partial charge on any atom is 0.230 e. The molecule has 1 amide bonds. The molecule has 0 radical (unpaired) electrons. The number of hydrogen-bond donors (Lipinski definition) is 2. The van der Waals surface area contributed by atoms with Crippen molar-refractivity contribution < 1.29 is 9.53 Å². The van der Waals surface area contributed by atoms with Gasteiger partial charge in [0.15, 0.2) is 0 Å². The first-order valence-corrected chi connectivity index (χ1v) is 8.36. The smallest absolute Gasteiger partial charge is 0.230 e. The molecule has 1 aromatic carbocycles. The number of nitrogens with one attached hydrogen (secondary N) is 2. The van der Waals surface area contributed by atoms with Crippen molar-refractivity contribution in [3.8, 4) is 5.75 Å². The topological polar surface area (TPSA) is 63.2 Å². The third-order valence-corrected chi connectivity index (χ3v) is 4.15. The van der Waals surface area contributed by atoms with E-state index in [1.807, 2.05) is 43.3 Å². The first-order chi connectivity index (χ1) is 11.2. The van der Waals surface area contributed by atoms with Gasteiger partial charge in [-0.2, -0.15) is 0 Å². The Hall–Kier alpha value is -2.21. The van der Waals surface area contributed by atoms with E-state index < -0.39 is 0 Å². The molecule has 0 fully saturated rings. The molecule has 5 nitrogen and oxygen atoms in total. The van der Waals surface area contributed by atoms with Crippen LogP contribution in [0.15, 0.2) is 47.5 Å². The first-order valence-electron chi connectivity index (χ1n) is 7.38. The normalized spacial score (nSPS) is 10.2. The van der Waals surface area contributed by atoms with Crippen LogP contribution in [0.25, 0.3) is 0 Å². The first kappa shape index (κ1) is 17.1.